The summed E-state index contributed by atoms with van der Waals surface area (Å²) < 4.78 is 4.58. The Hall–Kier alpha value is -1.51. The van der Waals surface area contributed by atoms with E-state index in [1.165, 1.54) is 7.11 Å². The summed E-state index contributed by atoms with van der Waals surface area (Å²) in [5.41, 5.74) is 0.917. The number of hydrogen-bond donors (Lipinski definition) is 1. The Kier molecular flexibility index (Phi) is 3.31. The maximum atomic E-state index is 11.0. The number of benzene rings is 1. The minimum atomic E-state index is -0.313. The summed E-state index contributed by atoms with van der Waals surface area (Å²) in [6, 6.07) is 9.23. The zero-order chi connectivity index (χ0) is 9.68. The fourth-order valence-electron chi connectivity index (χ4n) is 1.02. The van der Waals surface area contributed by atoms with E-state index in [2.05, 4.69) is 10.1 Å². The van der Waals surface area contributed by atoms with Gasteiger partial charge in [-0.3, -0.25) is 0 Å². The number of anilines is 1. The molecular weight excluding hydrogens is 166 g/mol. The number of esters is 1. The van der Waals surface area contributed by atoms with E-state index < -0.39 is 0 Å². The largest absolute Gasteiger partial charge is 0.467 e. The number of carbonyl (C=O) groups is 1. The second-order valence-corrected chi connectivity index (χ2v) is 2.76. The van der Waals surface area contributed by atoms with Crippen molar-refractivity contribution in [1.29, 1.82) is 0 Å². The smallest absolute Gasteiger partial charge is 0.327 e. The Balaban J connectivity index is 2.55. The summed E-state index contributed by atoms with van der Waals surface area (Å²) in [6.07, 6.45) is 0. The van der Waals surface area contributed by atoms with Crippen molar-refractivity contribution in [2.24, 2.45) is 0 Å². The van der Waals surface area contributed by atoms with Gasteiger partial charge in [-0.25, -0.2) is 4.79 Å². The first-order valence-electron chi connectivity index (χ1n) is 4.13. The lowest BCUT2D eigenvalue weighted by molar-refractivity contribution is -0.141. The van der Waals surface area contributed by atoms with Crippen LogP contribution < -0.4 is 5.32 Å². The predicted octanol–water partition coefficient (Wildman–Crippen LogP) is 1.66. The van der Waals surface area contributed by atoms with Gasteiger partial charge in [-0.15, -0.1) is 0 Å². The maximum absolute atomic E-state index is 11.0. The summed E-state index contributed by atoms with van der Waals surface area (Å²) in [5, 5.41) is 3.02. The highest BCUT2D eigenvalue weighted by atomic mass is 16.5. The third kappa shape index (κ3) is 2.78. The minimum Gasteiger partial charge on any atom is -0.467 e. The molecule has 0 aliphatic carbocycles. The lowest BCUT2D eigenvalue weighted by Gasteiger charge is -2.12. The number of hydrogen-bond acceptors (Lipinski definition) is 3. The van der Waals surface area contributed by atoms with Crippen LogP contribution in [0.4, 0.5) is 5.69 Å². The molecule has 1 aromatic carbocycles. The van der Waals surface area contributed by atoms with Crippen LogP contribution in [0.15, 0.2) is 30.3 Å². The van der Waals surface area contributed by atoms with Gasteiger partial charge in [0, 0.05) is 5.69 Å². The van der Waals surface area contributed by atoms with Crippen molar-refractivity contribution in [3.8, 4) is 0 Å². The molecule has 0 aliphatic heterocycles. The first-order chi connectivity index (χ1) is 6.24. The molecule has 0 fully saturated rings. The van der Waals surface area contributed by atoms with E-state index in [1.54, 1.807) is 6.92 Å². The van der Waals surface area contributed by atoms with E-state index in [0.717, 1.165) is 5.69 Å². The van der Waals surface area contributed by atoms with Gasteiger partial charge in [0.1, 0.15) is 6.04 Å². The van der Waals surface area contributed by atoms with Gasteiger partial charge in [-0.2, -0.15) is 0 Å². The third-order valence-electron chi connectivity index (χ3n) is 1.71. The minimum absolute atomic E-state index is 0.260. The van der Waals surface area contributed by atoms with Crippen LogP contribution in [0.2, 0.25) is 0 Å². The molecule has 0 spiro atoms. The normalized spacial score (nSPS) is 11.8. The summed E-state index contributed by atoms with van der Waals surface area (Å²) >= 11 is 0. The molecule has 3 nitrogen and oxygen atoms in total. The van der Waals surface area contributed by atoms with Crippen LogP contribution in [-0.2, 0) is 9.53 Å². The lowest BCUT2D eigenvalue weighted by atomic mass is 10.3. The fourth-order valence-corrected chi connectivity index (χ4v) is 1.02. The van der Waals surface area contributed by atoms with Crippen molar-refractivity contribution in [3.05, 3.63) is 30.3 Å². The zero-order valence-electron chi connectivity index (χ0n) is 7.78. The van der Waals surface area contributed by atoms with E-state index in [-0.39, 0.29) is 12.0 Å². The predicted molar refractivity (Wildman–Crippen MR) is 51.5 cm³/mol. The Bertz CT molecular complexity index is 272. The molecule has 1 rings (SSSR count). The first-order valence-corrected chi connectivity index (χ1v) is 4.13. The second kappa shape index (κ2) is 4.50. The van der Waals surface area contributed by atoms with E-state index >= 15 is 0 Å². The Morgan fingerprint density at radius 2 is 2.00 bits per heavy atom. The molecule has 0 saturated heterocycles. The van der Waals surface area contributed by atoms with Crippen LogP contribution in [0.3, 0.4) is 0 Å². The number of carbonyl (C=O) groups excluding carboxylic acids is 1. The summed E-state index contributed by atoms with van der Waals surface area (Å²) in [6.45, 7) is 1.76. The molecule has 3 heteroatoms. The van der Waals surface area contributed by atoms with Gasteiger partial charge in [-0.1, -0.05) is 18.2 Å². The molecule has 1 aromatic rings. The molecule has 70 valence electrons. The van der Waals surface area contributed by atoms with Crippen LogP contribution in [0.25, 0.3) is 0 Å². The van der Waals surface area contributed by atoms with Gasteiger partial charge in [0.15, 0.2) is 0 Å². The summed E-state index contributed by atoms with van der Waals surface area (Å²) in [4.78, 5) is 11.0. The fraction of sp³-hybridized carbons (Fsp3) is 0.300. The van der Waals surface area contributed by atoms with Crippen molar-refractivity contribution in [2.75, 3.05) is 12.4 Å². The average Bonchev–Trinajstić information content (AvgIpc) is 2.18. The average molecular weight is 179 g/mol. The molecule has 0 aromatic heterocycles. The molecule has 0 amide bonds. The van der Waals surface area contributed by atoms with E-state index in [4.69, 9.17) is 0 Å². The number of nitrogens with one attached hydrogen (secondary N) is 1. The van der Waals surface area contributed by atoms with Crippen molar-refractivity contribution in [1.82, 2.24) is 0 Å². The Morgan fingerprint density at radius 1 is 1.38 bits per heavy atom. The third-order valence-corrected chi connectivity index (χ3v) is 1.71. The SMILES string of the molecule is COC(=O)[C@@H](C)Nc1ccccc1. The van der Waals surface area contributed by atoms with Crippen LogP contribution in [0, 0.1) is 0 Å². The molecule has 1 atom stereocenters. The molecule has 0 radical (unpaired) electrons. The lowest BCUT2D eigenvalue weighted by Crippen LogP contribution is -2.26. The van der Waals surface area contributed by atoms with Crippen molar-refractivity contribution in [2.45, 2.75) is 13.0 Å². The van der Waals surface area contributed by atoms with Crippen molar-refractivity contribution >= 4 is 11.7 Å². The van der Waals surface area contributed by atoms with Crippen molar-refractivity contribution in [3.63, 3.8) is 0 Å². The van der Waals surface area contributed by atoms with Crippen molar-refractivity contribution < 1.29 is 9.53 Å². The number of methoxy groups -OCH3 is 1. The number of rotatable bonds is 3. The Morgan fingerprint density at radius 3 is 2.54 bits per heavy atom. The highest BCUT2D eigenvalue weighted by Gasteiger charge is 2.11. The van der Waals surface area contributed by atoms with Crippen LogP contribution >= 0.6 is 0 Å². The summed E-state index contributed by atoms with van der Waals surface area (Å²) in [7, 11) is 1.38. The second-order valence-electron chi connectivity index (χ2n) is 2.76. The molecular formula is C10H13NO2. The van der Waals surface area contributed by atoms with E-state index in [9.17, 15) is 4.79 Å². The van der Waals surface area contributed by atoms with Gasteiger partial charge >= 0.3 is 5.97 Å². The molecule has 0 unspecified atom stereocenters. The summed E-state index contributed by atoms with van der Waals surface area (Å²) in [5.74, 6) is -0.260. The highest BCUT2D eigenvalue weighted by Crippen LogP contribution is 2.07. The van der Waals surface area contributed by atoms with Gasteiger partial charge in [0.2, 0.25) is 0 Å². The molecule has 13 heavy (non-hydrogen) atoms. The maximum Gasteiger partial charge on any atom is 0.327 e. The molecule has 0 saturated carbocycles. The molecule has 1 N–H and O–H groups in total. The van der Waals surface area contributed by atoms with E-state index in [1.807, 2.05) is 30.3 Å². The van der Waals surface area contributed by atoms with Gasteiger partial charge < -0.3 is 10.1 Å². The van der Waals surface area contributed by atoms with Crippen LogP contribution in [0.1, 0.15) is 6.92 Å². The van der Waals surface area contributed by atoms with Gasteiger partial charge in [-0.05, 0) is 19.1 Å². The molecule has 0 heterocycles. The first kappa shape index (κ1) is 9.58. The Labute approximate surface area is 77.7 Å². The highest BCUT2D eigenvalue weighted by molar-refractivity contribution is 5.78. The standard InChI is InChI=1S/C10H13NO2/c1-8(10(12)13-2)11-9-6-4-3-5-7-9/h3-8,11H,1-2H3/t8-/m1/s1. The van der Waals surface area contributed by atoms with Crippen LogP contribution in [0.5, 0.6) is 0 Å². The number of para-hydroxylation sites is 1. The van der Waals surface area contributed by atoms with Gasteiger partial charge in [0.25, 0.3) is 0 Å². The topological polar surface area (TPSA) is 38.3 Å². The monoisotopic (exact) mass is 179 g/mol. The quantitative estimate of drug-likeness (QED) is 0.717. The van der Waals surface area contributed by atoms with E-state index in [0.29, 0.717) is 0 Å². The molecule has 0 bridgehead atoms. The van der Waals surface area contributed by atoms with Gasteiger partial charge in [0.05, 0.1) is 7.11 Å². The van der Waals surface area contributed by atoms with Crippen LogP contribution in [-0.4, -0.2) is 19.1 Å². The molecule has 0 aliphatic rings. The number of ether oxygens (including phenoxy) is 1. The zero-order valence-corrected chi connectivity index (χ0v) is 7.78.